The highest BCUT2D eigenvalue weighted by atomic mass is 16.6. The summed E-state index contributed by atoms with van der Waals surface area (Å²) < 4.78 is 11.2. The highest BCUT2D eigenvalue weighted by molar-refractivity contribution is 5.77. The second-order valence-corrected chi connectivity index (χ2v) is 6.44. The van der Waals surface area contributed by atoms with Crippen molar-refractivity contribution in [3.63, 3.8) is 0 Å². The first kappa shape index (κ1) is 14.7. The third kappa shape index (κ3) is 2.64. The van der Waals surface area contributed by atoms with Gasteiger partial charge in [-0.1, -0.05) is 12.1 Å². The molecule has 1 aromatic carbocycles. The van der Waals surface area contributed by atoms with Crippen LogP contribution in [0, 0.1) is 0 Å². The Morgan fingerprint density at radius 2 is 1.96 bits per heavy atom. The average Bonchev–Trinajstić information content (AvgIpc) is 2.90. The molecule has 122 valence electrons. The molecule has 0 radical (unpaired) electrons. The van der Waals surface area contributed by atoms with Crippen molar-refractivity contribution in [1.82, 2.24) is 9.80 Å². The van der Waals surface area contributed by atoms with Crippen LogP contribution in [0.15, 0.2) is 33.5 Å². The van der Waals surface area contributed by atoms with Gasteiger partial charge in [0.15, 0.2) is 0 Å². The van der Waals surface area contributed by atoms with Gasteiger partial charge in [0.2, 0.25) is 5.43 Å². The van der Waals surface area contributed by atoms with Crippen LogP contribution in [0.5, 0.6) is 5.95 Å². The van der Waals surface area contributed by atoms with Crippen molar-refractivity contribution in [2.45, 2.75) is 25.4 Å². The molecule has 2 bridgehead atoms. The molecule has 23 heavy (non-hydrogen) atoms. The van der Waals surface area contributed by atoms with Gasteiger partial charge in [-0.15, -0.1) is 0 Å². The Morgan fingerprint density at radius 3 is 2.74 bits per heavy atom. The maximum Gasteiger partial charge on any atom is 0.293 e. The van der Waals surface area contributed by atoms with Gasteiger partial charge in [0.1, 0.15) is 5.58 Å². The highest BCUT2D eigenvalue weighted by Gasteiger charge is 2.30. The fraction of sp³-hybridized carbons (Fsp3) is 0.500. The fourth-order valence-electron chi connectivity index (χ4n) is 3.83. The number of nitrogens with zero attached hydrogens (tertiary/aromatic N) is 2. The zero-order valence-electron chi connectivity index (χ0n) is 13.5. The van der Waals surface area contributed by atoms with Crippen LogP contribution in [0.25, 0.3) is 11.0 Å². The number of rotatable bonds is 3. The van der Waals surface area contributed by atoms with E-state index in [1.165, 1.54) is 25.9 Å². The van der Waals surface area contributed by atoms with Crippen LogP contribution in [0.3, 0.4) is 0 Å². The van der Waals surface area contributed by atoms with E-state index in [2.05, 4.69) is 9.80 Å². The third-order valence-electron chi connectivity index (χ3n) is 5.18. The van der Waals surface area contributed by atoms with Crippen molar-refractivity contribution in [1.29, 1.82) is 0 Å². The molecule has 5 heteroatoms. The lowest BCUT2D eigenvalue weighted by Crippen LogP contribution is -2.38. The van der Waals surface area contributed by atoms with E-state index in [0.29, 0.717) is 35.1 Å². The first-order valence-corrected chi connectivity index (χ1v) is 8.31. The SMILES string of the molecule is COc1oc2ccccc2c(=O)c1CN1CCN2CCC1CC2. The van der Waals surface area contributed by atoms with Crippen molar-refractivity contribution in [2.24, 2.45) is 0 Å². The molecule has 3 saturated heterocycles. The van der Waals surface area contributed by atoms with E-state index in [9.17, 15) is 4.79 Å². The van der Waals surface area contributed by atoms with E-state index in [0.717, 1.165) is 13.1 Å². The first-order chi connectivity index (χ1) is 11.3. The minimum absolute atomic E-state index is 0.0304. The Bertz CT molecular complexity index is 762. The van der Waals surface area contributed by atoms with Gasteiger partial charge < -0.3 is 14.1 Å². The molecular formula is C18H22N2O3. The molecule has 2 aromatic rings. The van der Waals surface area contributed by atoms with Crippen molar-refractivity contribution < 1.29 is 9.15 Å². The van der Waals surface area contributed by atoms with Crippen LogP contribution in [0.2, 0.25) is 0 Å². The number of piperidine rings is 1. The molecule has 1 aromatic heterocycles. The van der Waals surface area contributed by atoms with E-state index >= 15 is 0 Å². The molecule has 3 fully saturated rings. The monoisotopic (exact) mass is 314 g/mol. The standard InChI is InChI=1S/C18H22N2O3/c1-22-18-15(17(21)14-4-2-3-5-16(14)23-18)12-20-11-10-19-8-6-13(20)7-9-19/h2-5,13H,6-12H2,1H3. The molecule has 0 spiro atoms. The van der Waals surface area contributed by atoms with E-state index in [-0.39, 0.29) is 5.43 Å². The Hall–Kier alpha value is -1.85. The Kier molecular flexibility index (Phi) is 3.83. The minimum Gasteiger partial charge on any atom is -0.468 e. The van der Waals surface area contributed by atoms with E-state index < -0.39 is 0 Å². The summed E-state index contributed by atoms with van der Waals surface area (Å²) in [5.41, 5.74) is 1.26. The van der Waals surface area contributed by atoms with E-state index in [1.807, 2.05) is 24.3 Å². The minimum atomic E-state index is 0.0304. The number of hydrogen-bond acceptors (Lipinski definition) is 5. The van der Waals surface area contributed by atoms with Crippen LogP contribution in [0.4, 0.5) is 0 Å². The second-order valence-electron chi connectivity index (χ2n) is 6.44. The number of hydrogen-bond donors (Lipinski definition) is 0. The summed E-state index contributed by atoms with van der Waals surface area (Å²) >= 11 is 0. The van der Waals surface area contributed by atoms with Crippen LogP contribution in [-0.2, 0) is 6.54 Å². The zero-order valence-corrected chi connectivity index (χ0v) is 13.5. The summed E-state index contributed by atoms with van der Waals surface area (Å²) in [5.74, 6) is 0.354. The first-order valence-electron chi connectivity index (χ1n) is 8.31. The van der Waals surface area contributed by atoms with Crippen LogP contribution in [-0.4, -0.2) is 49.1 Å². The molecule has 5 nitrogen and oxygen atoms in total. The van der Waals surface area contributed by atoms with Gasteiger partial charge in [-0.2, -0.15) is 0 Å². The number of ether oxygens (including phenoxy) is 1. The van der Waals surface area contributed by atoms with Gasteiger partial charge in [-0.25, -0.2) is 0 Å². The van der Waals surface area contributed by atoms with Crippen molar-refractivity contribution in [2.75, 3.05) is 33.3 Å². The lowest BCUT2D eigenvalue weighted by atomic mass is 10.0. The smallest absolute Gasteiger partial charge is 0.293 e. The van der Waals surface area contributed by atoms with Gasteiger partial charge in [0.05, 0.1) is 18.1 Å². The van der Waals surface area contributed by atoms with Gasteiger partial charge >= 0.3 is 0 Å². The van der Waals surface area contributed by atoms with E-state index in [1.54, 1.807) is 7.11 Å². The van der Waals surface area contributed by atoms with Gasteiger partial charge in [0.25, 0.3) is 5.95 Å². The Morgan fingerprint density at radius 1 is 1.17 bits per heavy atom. The summed E-state index contributed by atoms with van der Waals surface area (Å²) in [5, 5.41) is 0.631. The molecule has 3 aliphatic rings. The number of fused-ring (bicyclic) bond motifs is 5. The molecule has 4 heterocycles. The summed E-state index contributed by atoms with van der Waals surface area (Å²) in [6, 6.07) is 7.93. The highest BCUT2D eigenvalue weighted by Crippen LogP contribution is 2.27. The average molecular weight is 314 g/mol. The third-order valence-corrected chi connectivity index (χ3v) is 5.18. The zero-order chi connectivity index (χ0) is 15.8. The quantitative estimate of drug-likeness (QED) is 0.868. The molecule has 0 saturated carbocycles. The fourth-order valence-corrected chi connectivity index (χ4v) is 3.83. The summed E-state index contributed by atoms with van der Waals surface area (Å²) in [7, 11) is 1.57. The van der Waals surface area contributed by atoms with Crippen molar-refractivity contribution in [3.8, 4) is 5.95 Å². The summed E-state index contributed by atoms with van der Waals surface area (Å²) in [6.07, 6.45) is 2.36. The lowest BCUT2D eigenvalue weighted by molar-refractivity contribution is 0.172. The van der Waals surface area contributed by atoms with Gasteiger partial charge in [-0.05, 0) is 38.1 Å². The van der Waals surface area contributed by atoms with Gasteiger partial charge in [0, 0.05) is 25.7 Å². The number of methoxy groups -OCH3 is 1. The Labute approximate surface area is 135 Å². The molecule has 5 rings (SSSR count). The van der Waals surface area contributed by atoms with Crippen molar-refractivity contribution >= 4 is 11.0 Å². The molecule has 0 aliphatic carbocycles. The molecule has 0 amide bonds. The van der Waals surface area contributed by atoms with Crippen LogP contribution < -0.4 is 10.2 Å². The topological polar surface area (TPSA) is 45.9 Å². The van der Waals surface area contributed by atoms with Crippen LogP contribution >= 0.6 is 0 Å². The molecule has 0 N–H and O–H groups in total. The van der Waals surface area contributed by atoms with Gasteiger partial charge in [-0.3, -0.25) is 9.69 Å². The maximum absolute atomic E-state index is 12.9. The normalized spacial score (nSPS) is 24.7. The molecular weight excluding hydrogens is 292 g/mol. The van der Waals surface area contributed by atoms with Crippen LogP contribution in [0.1, 0.15) is 18.4 Å². The predicted octanol–water partition coefficient (Wildman–Crippen LogP) is 2.08. The predicted molar refractivity (Wildman–Crippen MR) is 88.9 cm³/mol. The second kappa shape index (κ2) is 5.98. The number of para-hydroxylation sites is 1. The number of benzene rings is 1. The lowest BCUT2D eigenvalue weighted by Gasteiger charge is -2.31. The summed E-state index contributed by atoms with van der Waals surface area (Å²) in [4.78, 5) is 17.8. The largest absolute Gasteiger partial charge is 0.468 e. The maximum atomic E-state index is 12.9. The molecule has 3 aliphatic heterocycles. The molecule has 0 atom stereocenters. The van der Waals surface area contributed by atoms with E-state index in [4.69, 9.17) is 9.15 Å². The summed E-state index contributed by atoms with van der Waals surface area (Å²) in [6.45, 7) is 5.03. The van der Waals surface area contributed by atoms with Crippen molar-refractivity contribution in [3.05, 3.63) is 40.1 Å². The molecule has 0 unspecified atom stereocenters. The Balaban J connectivity index is 1.73.